The molecule has 0 heterocycles. The Morgan fingerprint density at radius 2 is 1.71 bits per heavy atom. The molecule has 0 fully saturated rings. The lowest BCUT2D eigenvalue weighted by Gasteiger charge is -2.06. The van der Waals surface area contributed by atoms with Crippen molar-refractivity contribution in [2.75, 3.05) is 12.3 Å². The van der Waals surface area contributed by atoms with Crippen LogP contribution in [-0.2, 0) is 16.0 Å². The summed E-state index contributed by atoms with van der Waals surface area (Å²) >= 11 is 0. The number of anilines is 1. The maximum absolute atomic E-state index is 12.3. The number of ether oxygens (including phenoxy) is 1. The Morgan fingerprint density at radius 3 is 2.33 bits per heavy atom. The van der Waals surface area contributed by atoms with Gasteiger partial charge in [0.2, 0.25) is 0 Å². The Hall–Kier alpha value is -2.62. The Kier molecular flexibility index (Phi) is 4.72. The van der Waals surface area contributed by atoms with E-state index in [2.05, 4.69) is 0 Å². The van der Waals surface area contributed by atoms with E-state index in [0.29, 0.717) is 23.4 Å². The van der Waals surface area contributed by atoms with Gasteiger partial charge in [0.05, 0.1) is 13.0 Å². The molecule has 4 heteroatoms. The zero-order valence-corrected chi connectivity index (χ0v) is 11.8. The lowest BCUT2D eigenvalue weighted by Crippen LogP contribution is -2.08. The van der Waals surface area contributed by atoms with E-state index < -0.39 is 0 Å². The maximum Gasteiger partial charge on any atom is 0.310 e. The van der Waals surface area contributed by atoms with Gasteiger partial charge in [0.15, 0.2) is 5.78 Å². The largest absolute Gasteiger partial charge is 0.466 e. The molecule has 2 N–H and O–H groups in total. The molecular formula is C17H17NO3. The van der Waals surface area contributed by atoms with Gasteiger partial charge in [-0.15, -0.1) is 0 Å². The molecule has 0 saturated heterocycles. The van der Waals surface area contributed by atoms with Crippen molar-refractivity contribution in [2.24, 2.45) is 0 Å². The first kappa shape index (κ1) is 14.8. The van der Waals surface area contributed by atoms with Crippen LogP contribution >= 0.6 is 0 Å². The quantitative estimate of drug-likeness (QED) is 0.520. The van der Waals surface area contributed by atoms with Crippen LogP contribution in [0, 0.1) is 0 Å². The molecule has 2 rings (SSSR count). The minimum atomic E-state index is -0.274. The lowest BCUT2D eigenvalue weighted by molar-refractivity contribution is -0.142. The Labute approximate surface area is 123 Å². The molecule has 0 aliphatic carbocycles. The predicted molar refractivity (Wildman–Crippen MR) is 81.1 cm³/mol. The second kappa shape index (κ2) is 6.70. The minimum absolute atomic E-state index is 0.129. The van der Waals surface area contributed by atoms with Gasteiger partial charge in [0.1, 0.15) is 0 Å². The van der Waals surface area contributed by atoms with Crippen LogP contribution in [0.1, 0.15) is 28.4 Å². The normalized spacial score (nSPS) is 10.1. The van der Waals surface area contributed by atoms with E-state index in [4.69, 9.17) is 10.5 Å². The Balaban J connectivity index is 2.14. The van der Waals surface area contributed by atoms with Crippen molar-refractivity contribution in [1.82, 2.24) is 0 Å². The molecular weight excluding hydrogens is 266 g/mol. The van der Waals surface area contributed by atoms with E-state index in [1.165, 1.54) is 0 Å². The van der Waals surface area contributed by atoms with Gasteiger partial charge in [-0.2, -0.15) is 0 Å². The number of esters is 1. The van der Waals surface area contributed by atoms with Crippen molar-refractivity contribution in [3.63, 3.8) is 0 Å². The van der Waals surface area contributed by atoms with E-state index in [-0.39, 0.29) is 18.2 Å². The number of hydrogen-bond donors (Lipinski definition) is 1. The molecule has 0 bridgehead atoms. The standard InChI is InChI=1S/C17H17NO3/c1-2-21-16(19)11-12-7-9-13(10-8-12)17(20)14-5-3-4-6-15(14)18/h3-10H,2,11,18H2,1H3. The topological polar surface area (TPSA) is 69.4 Å². The van der Waals surface area contributed by atoms with Crippen molar-refractivity contribution in [3.05, 3.63) is 65.2 Å². The first-order chi connectivity index (χ1) is 10.1. The van der Waals surface area contributed by atoms with Gasteiger partial charge in [-0.25, -0.2) is 0 Å². The Bertz CT molecular complexity index is 647. The average molecular weight is 283 g/mol. The summed E-state index contributed by atoms with van der Waals surface area (Å²) in [6.07, 6.45) is 0.204. The summed E-state index contributed by atoms with van der Waals surface area (Å²) in [6, 6.07) is 13.9. The third-order valence-electron chi connectivity index (χ3n) is 3.08. The first-order valence-electron chi connectivity index (χ1n) is 6.75. The van der Waals surface area contributed by atoms with Crippen molar-refractivity contribution in [2.45, 2.75) is 13.3 Å². The zero-order chi connectivity index (χ0) is 15.2. The molecule has 2 aromatic carbocycles. The van der Waals surface area contributed by atoms with Crippen molar-refractivity contribution in [3.8, 4) is 0 Å². The third kappa shape index (κ3) is 3.69. The summed E-state index contributed by atoms with van der Waals surface area (Å²) in [5.41, 5.74) is 8.10. The molecule has 0 unspecified atom stereocenters. The summed E-state index contributed by atoms with van der Waals surface area (Å²) in [4.78, 5) is 23.7. The SMILES string of the molecule is CCOC(=O)Cc1ccc(C(=O)c2ccccc2N)cc1. The summed E-state index contributed by atoms with van der Waals surface area (Å²) < 4.78 is 4.89. The molecule has 0 aliphatic heterocycles. The van der Waals surface area contributed by atoms with Crippen molar-refractivity contribution < 1.29 is 14.3 Å². The molecule has 108 valence electrons. The van der Waals surface area contributed by atoms with Gasteiger partial charge < -0.3 is 10.5 Å². The van der Waals surface area contributed by atoms with Crippen LogP contribution < -0.4 is 5.73 Å². The number of carbonyl (C=O) groups excluding carboxylic acids is 2. The molecule has 4 nitrogen and oxygen atoms in total. The predicted octanol–water partition coefficient (Wildman–Crippen LogP) is 2.61. The van der Waals surface area contributed by atoms with Gasteiger partial charge in [-0.1, -0.05) is 36.4 Å². The number of nitrogens with two attached hydrogens (primary N) is 1. The number of nitrogen functional groups attached to an aromatic ring is 1. The fourth-order valence-electron chi connectivity index (χ4n) is 2.01. The smallest absolute Gasteiger partial charge is 0.310 e. The summed E-state index contributed by atoms with van der Waals surface area (Å²) in [7, 11) is 0. The van der Waals surface area contributed by atoms with E-state index in [1.54, 1.807) is 55.5 Å². The highest BCUT2D eigenvalue weighted by Crippen LogP contribution is 2.17. The average Bonchev–Trinajstić information content (AvgIpc) is 2.48. The van der Waals surface area contributed by atoms with Crippen LogP contribution in [0.3, 0.4) is 0 Å². The third-order valence-corrected chi connectivity index (χ3v) is 3.08. The minimum Gasteiger partial charge on any atom is -0.466 e. The van der Waals surface area contributed by atoms with E-state index in [1.807, 2.05) is 0 Å². The summed E-state index contributed by atoms with van der Waals surface area (Å²) in [5.74, 6) is -0.403. The van der Waals surface area contributed by atoms with Gasteiger partial charge in [0, 0.05) is 16.8 Å². The highest BCUT2D eigenvalue weighted by molar-refractivity contribution is 6.12. The number of para-hydroxylation sites is 1. The fraction of sp³-hybridized carbons (Fsp3) is 0.176. The van der Waals surface area contributed by atoms with Crippen LogP contribution in [0.2, 0.25) is 0 Å². The number of carbonyl (C=O) groups is 2. The maximum atomic E-state index is 12.3. The number of rotatable bonds is 5. The van der Waals surface area contributed by atoms with Crippen LogP contribution in [0.4, 0.5) is 5.69 Å². The fourth-order valence-corrected chi connectivity index (χ4v) is 2.01. The zero-order valence-electron chi connectivity index (χ0n) is 11.8. The van der Waals surface area contributed by atoms with Crippen LogP contribution in [0.15, 0.2) is 48.5 Å². The lowest BCUT2D eigenvalue weighted by atomic mass is 10.00. The van der Waals surface area contributed by atoms with Crippen LogP contribution in [0.5, 0.6) is 0 Å². The second-order valence-corrected chi connectivity index (χ2v) is 4.60. The number of hydrogen-bond acceptors (Lipinski definition) is 4. The molecule has 0 spiro atoms. The molecule has 0 amide bonds. The van der Waals surface area contributed by atoms with Crippen molar-refractivity contribution >= 4 is 17.4 Å². The molecule has 2 aromatic rings. The van der Waals surface area contributed by atoms with E-state index >= 15 is 0 Å². The molecule has 21 heavy (non-hydrogen) atoms. The summed E-state index contributed by atoms with van der Waals surface area (Å²) in [5, 5.41) is 0. The molecule has 0 saturated carbocycles. The molecule has 0 aromatic heterocycles. The van der Waals surface area contributed by atoms with Gasteiger partial charge in [-0.3, -0.25) is 9.59 Å². The van der Waals surface area contributed by atoms with E-state index in [0.717, 1.165) is 5.56 Å². The van der Waals surface area contributed by atoms with Gasteiger partial charge in [0.25, 0.3) is 0 Å². The highest BCUT2D eigenvalue weighted by Gasteiger charge is 2.12. The highest BCUT2D eigenvalue weighted by atomic mass is 16.5. The Morgan fingerprint density at radius 1 is 1.05 bits per heavy atom. The number of benzene rings is 2. The monoisotopic (exact) mass is 283 g/mol. The van der Waals surface area contributed by atoms with Crippen molar-refractivity contribution in [1.29, 1.82) is 0 Å². The first-order valence-corrected chi connectivity index (χ1v) is 6.75. The van der Waals surface area contributed by atoms with Gasteiger partial charge in [-0.05, 0) is 24.6 Å². The summed E-state index contributed by atoms with van der Waals surface area (Å²) in [6.45, 7) is 2.13. The molecule has 0 radical (unpaired) electrons. The molecule has 0 atom stereocenters. The van der Waals surface area contributed by atoms with Crippen LogP contribution in [-0.4, -0.2) is 18.4 Å². The van der Waals surface area contributed by atoms with Gasteiger partial charge >= 0.3 is 5.97 Å². The molecule has 0 aliphatic rings. The van der Waals surface area contributed by atoms with E-state index in [9.17, 15) is 9.59 Å². The second-order valence-electron chi connectivity index (χ2n) is 4.60. The number of ketones is 1. The van der Waals surface area contributed by atoms with Crippen LogP contribution in [0.25, 0.3) is 0 Å².